The zero-order valence-corrected chi connectivity index (χ0v) is 9.84. The van der Waals surface area contributed by atoms with Crippen molar-refractivity contribution in [3.8, 4) is 0 Å². The van der Waals surface area contributed by atoms with Gasteiger partial charge in [0, 0.05) is 12.6 Å². The van der Waals surface area contributed by atoms with E-state index in [2.05, 4.69) is 19.2 Å². The Hall–Kier alpha value is -0.570. The van der Waals surface area contributed by atoms with E-state index in [0.29, 0.717) is 18.5 Å². The lowest BCUT2D eigenvalue weighted by atomic mass is 9.94. The largest absolute Gasteiger partial charge is 0.353 e. The summed E-state index contributed by atoms with van der Waals surface area (Å²) in [5, 5.41) is 3.03. The minimum Gasteiger partial charge on any atom is -0.353 e. The molecule has 0 aromatic rings. The highest BCUT2D eigenvalue weighted by Gasteiger charge is 2.21. The number of rotatable bonds is 6. The molecule has 3 nitrogen and oxygen atoms in total. The van der Waals surface area contributed by atoms with Crippen LogP contribution in [0, 0.1) is 11.8 Å². The number of nitrogens with two attached hydrogens (primary N) is 1. The summed E-state index contributed by atoms with van der Waals surface area (Å²) in [5.41, 5.74) is 5.57. The van der Waals surface area contributed by atoms with Crippen molar-refractivity contribution in [3.05, 3.63) is 0 Å². The lowest BCUT2D eigenvalue weighted by Crippen LogP contribution is -2.42. The molecule has 0 saturated heterocycles. The first-order valence-corrected chi connectivity index (χ1v) is 5.57. The highest BCUT2D eigenvalue weighted by molar-refractivity contribution is 5.79. The van der Waals surface area contributed by atoms with E-state index in [4.69, 9.17) is 5.73 Å². The van der Waals surface area contributed by atoms with Gasteiger partial charge in [-0.05, 0) is 18.8 Å². The van der Waals surface area contributed by atoms with Crippen LogP contribution in [0.4, 0.5) is 0 Å². The zero-order valence-electron chi connectivity index (χ0n) is 9.84. The Kier molecular flexibility index (Phi) is 6.54. The van der Waals surface area contributed by atoms with Crippen LogP contribution < -0.4 is 11.1 Å². The van der Waals surface area contributed by atoms with Gasteiger partial charge in [0.05, 0.1) is 5.92 Å². The van der Waals surface area contributed by atoms with Gasteiger partial charge in [0.1, 0.15) is 0 Å². The first-order valence-electron chi connectivity index (χ1n) is 5.57. The van der Waals surface area contributed by atoms with Gasteiger partial charge in [0.2, 0.25) is 5.91 Å². The van der Waals surface area contributed by atoms with Gasteiger partial charge >= 0.3 is 0 Å². The zero-order chi connectivity index (χ0) is 11.1. The Morgan fingerprint density at radius 2 is 1.79 bits per heavy atom. The molecule has 0 aromatic carbocycles. The van der Waals surface area contributed by atoms with Gasteiger partial charge in [0.25, 0.3) is 0 Å². The third kappa shape index (κ3) is 4.09. The van der Waals surface area contributed by atoms with E-state index in [1.165, 1.54) is 0 Å². The van der Waals surface area contributed by atoms with Crippen LogP contribution in [0.25, 0.3) is 0 Å². The molecule has 1 atom stereocenters. The van der Waals surface area contributed by atoms with Crippen molar-refractivity contribution in [3.63, 3.8) is 0 Å². The van der Waals surface area contributed by atoms with Crippen LogP contribution in [0.5, 0.6) is 0 Å². The molecule has 0 spiro atoms. The Morgan fingerprint density at radius 3 is 2.07 bits per heavy atom. The van der Waals surface area contributed by atoms with Gasteiger partial charge in [-0.25, -0.2) is 0 Å². The van der Waals surface area contributed by atoms with Gasteiger partial charge in [0.15, 0.2) is 0 Å². The van der Waals surface area contributed by atoms with Crippen molar-refractivity contribution >= 4 is 5.91 Å². The van der Waals surface area contributed by atoms with Gasteiger partial charge in [-0.1, -0.05) is 27.7 Å². The van der Waals surface area contributed by atoms with E-state index in [0.717, 1.165) is 12.8 Å². The minimum absolute atomic E-state index is 0.0457. The first kappa shape index (κ1) is 13.4. The molecule has 0 rings (SSSR count). The van der Waals surface area contributed by atoms with E-state index < -0.39 is 0 Å². The average Bonchev–Trinajstić information content (AvgIpc) is 2.14. The molecule has 0 fully saturated rings. The number of amides is 1. The number of hydrogen-bond donors (Lipinski definition) is 2. The molecule has 1 unspecified atom stereocenters. The van der Waals surface area contributed by atoms with Crippen LogP contribution in [-0.2, 0) is 4.79 Å². The highest BCUT2D eigenvalue weighted by Crippen LogP contribution is 2.10. The number of carbonyl (C=O) groups is 1. The van der Waals surface area contributed by atoms with E-state index in [1.54, 1.807) is 0 Å². The van der Waals surface area contributed by atoms with Crippen molar-refractivity contribution in [2.45, 2.75) is 46.6 Å². The first-order chi connectivity index (χ1) is 6.56. The summed E-state index contributed by atoms with van der Waals surface area (Å²) >= 11 is 0. The van der Waals surface area contributed by atoms with Crippen molar-refractivity contribution in [2.24, 2.45) is 17.6 Å². The second kappa shape index (κ2) is 6.82. The molecular formula is C11H24N2O. The molecule has 0 saturated carbocycles. The second-order valence-corrected chi connectivity index (χ2v) is 4.11. The van der Waals surface area contributed by atoms with Gasteiger partial charge in [-0.3, -0.25) is 4.79 Å². The maximum Gasteiger partial charge on any atom is 0.224 e. The van der Waals surface area contributed by atoms with E-state index in [9.17, 15) is 4.79 Å². The standard InChI is InChI=1S/C11H24N2O/c1-5-9(6-2)13-11(14)10(7-12)8(3)4/h8-10H,5-7,12H2,1-4H3,(H,13,14). The Balaban J connectivity index is 4.16. The summed E-state index contributed by atoms with van der Waals surface area (Å²) in [7, 11) is 0. The van der Waals surface area contributed by atoms with Crippen LogP contribution in [0.2, 0.25) is 0 Å². The maximum absolute atomic E-state index is 11.8. The SMILES string of the molecule is CCC(CC)NC(=O)C(CN)C(C)C. The average molecular weight is 200 g/mol. The van der Waals surface area contributed by atoms with Gasteiger partial charge in [-0.15, -0.1) is 0 Å². The summed E-state index contributed by atoms with van der Waals surface area (Å²) in [6, 6.07) is 0.301. The van der Waals surface area contributed by atoms with E-state index >= 15 is 0 Å². The summed E-state index contributed by atoms with van der Waals surface area (Å²) in [4.78, 5) is 11.8. The maximum atomic E-state index is 11.8. The predicted octanol–water partition coefficient (Wildman–Crippen LogP) is 1.52. The molecule has 0 aliphatic heterocycles. The molecule has 0 heterocycles. The molecular weight excluding hydrogens is 176 g/mol. The summed E-state index contributed by atoms with van der Waals surface area (Å²) in [6.45, 7) is 8.67. The highest BCUT2D eigenvalue weighted by atomic mass is 16.2. The van der Waals surface area contributed by atoms with Crippen LogP contribution in [0.1, 0.15) is 40.5 Å². The van der Waals surface area contributed by atoms with Crippen molar-refractivity contribution in [1.29, 1.82) is 0 Å². The summed E-state index contributed by atoms with van der Waals surface area (Å²) < 4.78 is 0. The second-order valence-electron chi connectivity index (χ2n) is 4.11. The van der Waals surface area contributed by atoms with Crippen molar-refractivity contribution in [1.82, 2.24) is 5.32 Å². The van der Waals surface area contributed by atoms with Crippen LogP contribution in [0.3, 0.4) is 0 Å². The number of nitrogens with one attached hydrogen (secondary N) is 1. The minimum atomic E-state index is -0.0457. The number of hydrogen-bond acceptors (Lipinski definition) is 2. The quantitative estimate of drug-likeness (QED) is 0.683. The molecule has 14 heavy (non-hydrogen) atoms. The molecule has 1 amide bonds. The molecule has 3 heteroatoms. The van der Waals surface area contributed by atoms with Crippen molar-refractivity contribution in [2.75, 3.05) is 6.54 Å². The smallest absolute Gasteiger partial charge is 0.224 e. The topological polar surface area (TPSA) is 55.1 Å². The van der Waals surface area contributed by atoms with E-state index in [-0.39, 0.29) is 11.8 Å². The molecule has 0 aliphatic carbocycles. The molecule has 0 aliphatic rings. The predicted molar refractivity (Wildman–Crippen MR) is 59.9 cm³/mol. The number of carbonyl (C=O) groups excluding carboxylic acids is 1. The summed E-state index contributed by atoms with van der Waals surface area (Å²) in [5.74, 6) is 0.376. The van der Waals surface area contributed by atoms with Crippen molar-refractivity contribution < 1.29 is 4.79 Å². The molecule has 84 valence electrons. The Labute approximate surface area is 87.4 Å². The Morgan fingerprint density at radius 1 is 1.29 bits per heavy atom. The third-order valence-electron chi connectivity index (χ3n) is 2.73. The summed E-state index contributed by atoms with van der Waals surface area (Å²) in [6.07, 6.45) is 1.97. The fourth-order valence-electron chi connectivity index (χ4n) is 1.48. The third-order valence-corrected chi connectivity index (χ3v) is 2.73. The van der Waals surface area contributed by atoms with Crippen LogP contribution >= 0.6 is 0 Å². The van der Waals surface area contributed by atoms with Gasteiger partial charge in [-0.2, -0.15) is 0 Å². The lowest BCUT2D eigenvalue weighted by molar-refractivity contribution is -0.126. The fourth-order valence-corrected chi connectivity index (χ4v) is 1.48. The Bertz CT molecular complexity index is 165. The van der Waals surface area contributed by atoms with Crippen LogP contribution in [0.15, 0.2) is 0 Å². The van der Waals surface area contributed by atoms with E-state index in [1.807, 2.05) is 13.8 Å². The van der Waals surface area contributed by atoms with Gasteiger partial charge < -0.3 is 11.1 Å². The monoisotopic (exact) mass is 200 g/mol. The lowest BCUT2D eigenvalue weighted by Gasteiger charge is -2.22. The molecule has 0 radical (unpaired) electrons. The normalized spacial score (nSPS) is 13.4. The fraction of sp³-hybridized carbons (Fsp3) is 0.909. The molecule has 0 bridgehead atoms. The van der Waals surface area contributed by atoms with Crippen LogP contribution in [-0.4, -0.2) is 18.5 Å². The molecule has 3 N–H and O–H groups in total. The molecule has 0 aromatic heterocycles.